The Labute approximate surface area is 245 Å². The molecule has 5 amide bonds. The van der Waals surface area contributed by atoms with E-state index in [0.717, 1.165) is 17.1 Å². The molecule has 228 valence electrons. The fourth-order valence-corrected chi connectivity index (χ4v) is 5.46. The van der Waals surface area contributed by atoms with Gasteiger partial charge in [-0.1, -0.05) is 6.92 Å². The Morgan fingerprint density at radius 3 is 2.57 bits per heavy atom. The van der Waals surface area contributed by atoms with Crippen LogP contribution in [-0.4, -0.2) is 86.8 Å². The minimum absolute atomic E-state index is 0.125. The molecule has 16 nitrogen and oxygen atoms in total. The average molecular weight is 626 g/mol. The quantitative estimate of drug-likeness (QED) is 0.121. The molecule has 0 atom stereocenters. The fourth-order valence-electron chi connectivity index (χ4n) is 3.67. The molecule has 5 N–H and O–H groups in total. The summed E-state index contributed by atoms with van der Waals surface area (Å²) in [6.07, 6.45) is 3.26. The number of carbonyl (C=O) groups excluding carboxylic acids is 5. The van der Waals surface area contributed by atoms with Gasteiger partial charge in [0.1, 0.15) is 19.0 Å². The van der Waals surface area contributed by atoms with Crippen molar-refractivity contribution in [2.45, 2.75) is 33.2 Å². The molecule has 0 aliphatic carbocycles. The van der Waals surface area contributed by atoms with Crippen molar-refractivity contribution >= 4 is 68.9 Å². The number of ether oxygens (including phenoxy) is 1. The smallest absolute Gasteiger partial charge is 0.421 e. The normalized spacial score (nSPS) is 14.6. The fraction of sp³-hybridized carbons (Fsp3) is 0.417. The summed E-state index contributed by atoms with van der Waals surface area (Å²) in [5, 5.41) is 3.62. The van der Waals surface area contributed by atoms with Crippen molar-refractivity contribution in [1.82, 2.24) is 24.7 Å². The first kappa shape index (κ1) is 32.4. The van der Waals surface area contributed by atoms with Gasteiger partial charge in [0.2, 0.25) is 5.91 Å². The Morgan fingerprint density at radius 2 is 1.90 bits per heavy atom. The van der Waals surface area contributed by atoms with E-state index in [1.54, 1.807) is 23.8 Å². The number of rotatable bonds is 14. The molecule has 3 rings (SSSR count). The SMILES string of the molecule is CCCN(OCC)C(=O)C1=Cc2sc(CNS(=O)(=O)NC(=O)OCCNC(=O)CN3C(=O)C=CC3=O)cc2N=C(N)C1. The summed E-state index contributed by atoms with van der Waals surface area (Å²) in [4.78, 5) is 71.3. The Bertz CT molecular complexity index is 1410. The van der Waals surface area contributed by atoms with Crippen LogP contribution in [-0.2, 0) is 45.5 Å². The van der Waals surface area contributed by atoms with Crippen LogP contribution in [0.1, 0.15) is 36.4 Å². The van der Waals surface area contributed by atoms with E-state index >= 15 is 0 Å². The maximum atomic E-state index is 13.0. The Hall–Kier alpha value is -4.13. The lowest BCUT2D eigenvalue weighted by molar-refractivity contribution is -0.180. The van der Waals surface area contributed by atoms with Crippen molar-refractivity contribution in [3.63, 3.8) is 0 Å². The maximum Gasteiger partial charge on any atom is 0.421 e. The van der Waals surface area contributed by atoms with Gasteiger partial charge in [-0.25, -0.2) is 19.6 Å². The van der Waals surface area contributed by atoms with Gasteiger partial charge in [-0.3, -0.25) is 28.9 Å². The molecule has 0 saturated heterocycles. The number of hydroxylamine groups is 2. The van der Waals surface area contributed by atoms with Gasteiger partial charge in [-0.05, 0) is 25.5 Å². The molecular formula is C24H31N7O9S2. The largest absolute Gasteiger partial charge is 0.447 e. The lowest BCUT2D eigenvalue weighted by Crippen LogP contribution is -2.42. The number of amidine groups is 1. The number of hydrogen-bond donors (Lipinski definition) is 4. The lowest BCUT2D eigenvalue weighted by Gasteiger charge is -2.21. The molecule has 0 radical (unpaired) electrons. The Balaban J connectivity index is 1.49. The van der Waals surface area contributed by atoms with Crippen molar-refractivity contribution < 1.29 is 42.0 Å². The molecule has 0 spiro atoms. The number of thiophene rings is 1. The predicted octanol–water partition coefficient (Wildman–Crippen LogP) is -0.184. The molecular weight excluding hydrogens is 594 g/mol. The first-order chi connectivity index (χ1) is 19.9. The van der Waals surface area contributed by atoms with E-state index in [1.165, 1.54) is 16.4 Å². The highest BCUT2D eigenvalue weighted by molar-refractivity contribution is 7.88. The number of fused-ring (bicyclic) bond motifs is 1. The average Bonchev–Trinajstić information content (AvgIpc) is 3.40. The molecule has 18 heteroatoms. The van der Waals surface area contributed by atoms with Crippen LogP contribution in [0.25, 0.3) is 6.08 Å². The van der Waals surface area contributed by atoms with E-state index in [9.17, 15) is 32.4 Å². The van der Waals surface area contributed by atoms with Crippen LogP contribution >= 0.6 is 11.3 Å². The molecule has 0 aromatic carbocycles. The van der Waals surface area contributed by atoms with Crippen LogP contribution in [0.4, 0.5) is 10.5 Å². The third kappa shape index (κ3) is 9.20. The number of nitrogens with zero attached hydrogens (tertiary/aromatic N) is 3. The van der Waals surface area contributed by atoms with Gasteiger partial charge in [0.05, 0.1) is 23.7 Å². The van der Waals surface area contributed by atoms with E-state index in [0.29, 0.717) is 40.6 Å². The number of amides is 5. The molecule has 2 aliphatic heterocycles. The van der Waals surface area contributed by atoms with E-state index in [1.807, 2.05) is 6.92 Å². The van der Waals surface area contributed by atoms with E-state index in [4.69, 9.17) is 15.3 Å². The van der Waals surface area contributed by atoms with Crippen LogP contribution in [0, 0.1) is 0 Å². The lowest BCUT2D eigenvalue weighted by atomic mass is 10.1. The highest BCUT2D eigenvalue weighted by Gasteiger charge is 2.26. The number of nitrogens with two attached hydrogens (primary N) is 1. The van der Waals surface area contributed by atoms with Crippen molar-refractivity contribution in [3.05, 3.63) is 33.5 Å². The van der Waals surface area contributed by atoms with Crippen molar-refractivity contribution in [3.8, 4) is 0 Å². The molecule has 2 aliphatic rings. The second-order valence-corrected chi connectivity index (χ2v) is 11.4. The minimum Gasteiger partial charge on any atom is -0.447 e. The standard InChI is InChI=1S/C24H31N7O9S2/c1-3-8-31(40-4-2)23(35)15-10-18-17(28-19(25)11-15)12-16(41-18)13-27-42(37,38)29-24(36)39-9-7-26-20(32)14-30-21(33)5-6-22(30)34/h5-6,10,12,27H,3-4,7-9,11,13-14H2,1-2H3,(H2,25,28)(H,26,32)(H,29,36). The van der Waals surface area contributed by atoms with Crippen molar-refractivity contribution in [2.75, 3.05) is 32.8 Å². The third-order valence-corrected chi connectivity index (χ3v) is 7.49. The van der Waals surface area contributed by atoms with Gasteiger partial charge in [-0.2, -0.15) is 13.1 Å². The van der Waals surface area contributed by atoms with Gasteiger partial charge >= 0.3 is 16.3 Å². The summed E-state index contributed by atoms with van der Waals surface area (Å²) >= 11 is 1.19. The number of nitrogens with one attached hydrogen (secondary N) is 3. The van der Waals surface area contributed by atoms with Crippen LogP contribution in [0.2, 0.25) is 0 Å². The molecule has 0 saturated carbocycles. The minimum atomic E-state index is -4.33. The van der Waals surface area contributed by atoms with Gasteiger partial charge < -0.3 is 15.8 Å². The highest BCUT2D eigenvalue weighted by Crippen LogP contribution is 2.35. The molecule has 3 heterocycles. The highest BCUT2D eigenvalue weighted by atomic mass is 32.2. The van der Waals surface area contributed by atoms with Gasteiger partial charge in [-0.15, -0.1) is 11.3 Å². The van der Waals surface area contributed by atoms with Gasteiger partial charge in [0.15, 0.2) is 0 Å². The van der Waals surface area contributed by atoms with Gasteiger partial charge in [0.25, 0.3) is 17.7 Å². The maximum absolute atomic E-state index is 13.0. The Morgan fingerprint density at radius 1 is 1.19 bits per heavy atom. The number of carbonyl (C=O) groups is 5. The zero-order valence-electron chi connectivity index (χ0n) is 22.9. The second kappa shape index (κ2) is 14.7. The Kier molecular flexibility index (Phi) is 11.3. The first-order valence-electron chi connectivity index (χ1n) is 12.8. The predicted molar refractivity (Wildman–Crippen MR) is 151 cm³/mol. The van der Waals surface area contributed by atoms with Crippen LogP contribution in [0.15, 0.2) is 28.8 Å². The zero-order chi connectivity index (χ0) is 30.9. The second-order valence-electron chi connectivity index (χ2n) is 8.75. The summed E-state index contributed by atoms with van der Waals surface area (Å²) in [7, 11) is -4.33. The van der Waals surface area contributed by atoms with E-state index < -0.39 is 40.6 Å². The third-order valence-electron chi connectivity index (χ3n) is 5.46. The zero-order valence-corrected chi connectivity index (χ0v) is 24.5. The van der Waals surface area contributed by atoms with Crippen LogP contribution in [0.5, 0.6) is 0 Å². The van der Waals surface area contributed by atoms with Crippen molar-refractivity contribution in [2.24, 2.45) is 10.7 Å². The molecule has 1 aromatic heterocycles. The first-order valence-corrected chi connectivity index (χ1v) is 15.1. The summed E-state index contributed by atoms with van der Waals surface area (Å²) in [6.45, 7) is 3.14. The topological polar surface area (TPSA) is 219 Å². The summed E-state index contributed by atoms with van der Waals surface area (Å²) in [5.74, 6) is -2.03. The molecule has 1 aromatic rings. The monoisotopic (exact) mass is 625 g/mol. The molecule has 0 fully saturated rings. The summed E-state index contributed by atoms with van der Waals surface area (Å²) in [5.41, 5.74) is 6.87. The van der Waals surface area contributed by atoms with E-state index in [2.05, 4.69) is 15.0 Å². The molecule has 0 bridgehead atoms. The summed E-state index contributed by atoms with van der Waals surface area (Å²) in [6, 6.07) is 1.62. The van der Waals surface area contributed by atoms with Crippen LogP contribution < -0.4 is 20.5 Å². The van der Waals surface area contributed by atoms with Crippen LogP contribution in [0.3, 0.4) is 0 Å². The van der Waals surface area contributed by atoms with E-state index in [-0.39, 0.29) is 37.9 Å². The number of aliphatic imine (C=N–C) groups is 1. The van der Waals surface area contributed by atoms with Gasteiger partial charge in [0, 0.05) is 42.1 Å². The van der Waals surface area contributed by atoms with Crippen molar-refractivity contribution in [1.29, 1.82) is 0 Å². The number of hydrogen-bond acceptors (Lipinski definition) is 12. The summed E-state index contributed by atoms with van der Waals surface area (Å²) < 4.78 is 33.3. The molecule has 42 heavy (non-hydrogen) atoms. The number of imide groups is 1. The molecule has 0 unspecified atom stereocenters.